The Morgan fingerprint density at radius 3 is 2.64 bits per heavy atom. The molecule has 5 nitrogen and oxygen atoms in total. The largest absolute Gasteiger partial charge is 0.468 e. The van der Waals surface area contributed by atoms with E-state index < -0.39 is 0 Å². The van der Waals surface area contributed by atoms with Crippen LogP contribution >= 0.6 is 0 Å². The molecule has 1 aliphatic heterocycles. The molecule has 1 saturated heterocycles. The highest BCUT2D eigenvalue weighted by molar-refractivity contribution is 5.20. The van der Waals surface area contributed by atoms with Crippen molar-refractivity contribution in [1.29, 1.82) is 0 Å². The predicted molar refractivity (Wildman–Crippen MR) is 96.1 cm³/mol. The maximum Gasteiger partial charge on any atom is 0.138 e. The van der Waals surface area contributed by atoms with Gasteiger partial charge in [0.25, 0.3) is 0 Å². The van der Waals surface area contributed by atoms with Gasteiger partial charge in [-0.15, -0.1) is 0 Å². The molecule has 25 heavy (non-hydrogen) atoms. The zero-order chi connectivity index (χ0) is 17.4. The van der Waals surface area contributed by atoms with Gasteiger partial charge in [0.1, 0.15) is 11.5 Å². The molecule has 136 valence electrons. The highest BCUT2D eigenvalue weighted by Crippen LogP contribution is 2.51. The highest BCUT2D eigenvalue weighted by atomic mass is 16.5. The van der Waals surface area contributed by atoms with Gasteiger partial charge in [0.15, 0.2) is 0 Å². The normalized spacial score (nSPS) is 23.3. The van der Waals surface area contributed by atoms with Crippen molar-refractivity contribution in [2.75, 3.05) is 20.1 Å². The van der Waals surface area contributed by atoms with E-state index in [9.17, 15) is 0 Å². The fourth-order valence-corrected chi connectivity index (χ4v) is 4.82. The summed E-state index contributed by atoms with van der Waals surface area (Å²) in [6.07, 6.45) is 7.06. The summed E-state index contributed by atoms with van der Waals surface area (Å²) in [4.78, 5) is 5.08. The molecule has 0 amide bonds. The Labute approximate surface area is 150 Å². The van der Waals surface area contributed by atoms with Gasteiger partial charge >= 0.3 is 0 Å². The van der Waals surface area contributed by atoms with Crippen molar-refractivity contribution < 1.29 is 8.94 Å². The quantitative estimate of drug-likeness (QED) is 0.827. The predicted octanol–water partition coefficient (Wildman–Crippen LogP) is 3.76. The number of aromatic nitrogens is 1. The van der Waals surface area contributed by atoms with E-state index in [0.717, 1.165) is 30.3 Å². The van der Waals surface area contributed by atoms with Gasteiger partial charge in [0, 0.05) is 18.2 Å². The number of hydrogen-bond donors (Lipinski definition) is 0. The lowest BCUT2D eigenvalue weighted by Gasteiger charge is -2.57. The van der Waals surface area contributed by atoms with Crippen LogP contribution in [0.1, 0.15) is 48.5 Å². The van der Waals surface area contributed by atoms with E-state index in [-0.39, 0.29) is 0 Å². The van der Waals surface area contributed by atoms with E-state index in [1.165, 1.54) is 44.3 Å². The molecule has 0 unspecified atom stereocenters. The molecule has 2 fully saturated rings. The minimum absolute atomic E-state index is 0.510. The van der Waals surface area contributed by atoms with Gasteiger partial charge in [-0.05, 0) is 77.2 Å². The Balaban J connectivity index is 1.34. The SMILES string of the molecule is Cc1noc(C)c1CN1CCC2(CC[C@H]2N(C)Cc2ccco2)CC1. The average molecular weight is 343 g/mol. The van der Waals surface area contributed by atoms with Crippen molar-refractivity contribution in [3.05, 3.63) is 41.2 Å². The van der Waals surface area contributed by atoms with E-state index in [1.807, 2.05) is 19.9 Å². The lowest BCUT2D eigenvalue weighted by molar-refractivity contribution is -0.0649. The minimum atomic E-state index is 0.510. The smallest absolute Gasteiger partial charge is 0.138 e. The second-order valence-electron chi connectivity index (χ2n) is 7.99. The summed E-state index contributed by atoms with van der Waals surface area (Å²) in [6.45, 7) is 8.31. The first-order chi connectivity index (χ1) is 12.1. The maximum atomic E-state index is 5.53. The van der Waals surface area contributed by atoms with Crippen LogP contribution in [0.15, 0.2) is 27.3 Å². The molecule has 1 saturated carbocycles. The van der Waals surface area contributed by atoms with Crippen molar-refractivity contribution in [2.45, 2.75) is 58.7 Å². The topological polar surface area (TPSA) is 45.7 Å². The zero-order valence-corrected chi connectivity index (χ0v) is 15.6. The highest BCUT2D eigenvalue weighted by Gasteiger charge is 2.49. The zero-order valence-electron chi connectivity index (χ0n) is 15.6. The fraction of sp³-hybridized carbons (Fsp3) is 0.650. The van der Waals surface area contributed by atoms with E-state index in [1.54, 1.807) is 6.26 Å². The van der Waals surface area contributed by atoms with Crippen LogP contribution in [0.2, 0.25) is 0 Å². The summed E-state index contributed by atoms with van der Waals surface area (Å²) in [5, 5.41) is 4.09. The standard InChI is InChI=1S/C20H29N3O2/c1-15-18(16(2)25-21-15)14-23-10-8-20(9-11-23)7-6-19(20)22(3)13-17-5-4-12-24-17/h4-5,12,19H,6-11,13-14H2,1-3H3/t19-/m1/s1. The van der Waals surface area contributed by atoms with Crippen LogP contribution in [0.3, 0.4) is 0 Å². The third-order valence-corrected chi connectivity index (χ3v) is 6.55. The molecule has 0 bridgehead atoms. The number of likely N-dealkylation sites (tertiary alicyclic amines) is 1. The average Bonchev–Trinajstić information content (AvgIpc) is 3.19. The first-order valence-electron chi connectivity index (χ1n) is 9.44. The van der Waals surface area contributed by atoms with Gasteiger partial charge < -0.3 is 8.94 Å². The molecule has 1 spiro atoms. The molecule has 2 aromatic heterocycles. The third-order valence-electron chi connectivity index (χ3n) is 6.55. The van der Waals surface area contributed by atoms with Crippen LogP contribution in [0, 0.1) is 19.3 Å². The van der Waals surface area contributed by atoms with E-state index in [4.69, 9.17) is 8.94 Å². The molecule has 4 rings (SSSR count). The number of rotatable bonds is 5. The molecule has 0 N–H and O–H groups in total. The van der Waals surface area contributed by atoms with Crippen molar-refractivity contribution in [3.8, 4) is 0 Å². The van der Waals surface area contributed by atoms with Crippen molar-refractivity contribution >= 4 is 0 Å². The number of hydrogen-bond acceptors (Lipinski definition) is 5. The number of furan rings is 1. The summed E-state index contributed by atoms with van der Waals surface area (Å²) < 4.78 is 10.8. The molecule has 0 radical (unpaired) electrons. The summed E-state index contributed by atoms with van der Waals surface area (Å²) in [7, 11) is 2.25. The van der Waals surface area contributed by atoms with Crippen LogP contribution in [-0.2, 0) is 13.1 Å². The summed E-state index contributed by atoms with van der Waals surface area (Å²) in [6, 6.07) is 4.75. The Kier molecular flexibility index (Phi) is 4.46. The first-order valence-corrected chi connectivity index (χ1v) is 9.44. The minimum Gasteiger partial charge on any atom is -0.468 e. The Morgan fingerprint density at radius 1 is 1.28 bits per heavy atom. The lowest BCUT2D eigenvalue weighted by Crippen LogP contribution is -2.57. The van der Waals surface area contributed by atoms with Crippen LogP contribution in [-0.4, -0.2) is 41.1 Å². The molecular weight excluding hydrogens is 314 g/mol. The molecular formula is C20H29N3O2. The lowest BCUT2D eigenvalue weighted by atomic mass is 9.58. The maximum absolute atomic E-state index is 5.53. The van der Waals surface area contributed by atoms with Crippen molar-refractivity contribution in [3.63, 3.8) is 0 Å². The molecule has 0 aromatic carbocycles. The molecule has 2 aliphatic rings. The number of aryl methyl sites for hydroxylation is 2. The van der Waals surface area contributed by atoms with Gasteiger partial charge in [-0.2, -0.15) is 0 Å². The summed E-state index contributed by atoms with van der Waals surface area (Å²) >= 11 is 0. The summed E-state index contributed by atoms with van der Waals surface area (Å²) in [5.74, 6) is 2.04. The van der Waals surface area contributed by atoms with E-state index in [0.29, 0.717) is 11.5 Å². The molecule has 3 heterocycles. The van der Waals surface area contributed by atoms with Gasteiger partial charge in [0.2, 0.25) is 0 Å². The van der Waals surface area contributed by atoms with E-state index >= 15 is 0 Å². The monoisotopic (exact) mass is 343 g/mol. The molecule has 1 aliphatic carbocycles. The molecule has 5 heteroatoms. The Hall–Kier alpha value is -1.59. The molecule has 1 atom stereocenters. The van der Waals surface area contributed by atoms with Crippen LogP contribution < -0.4 is 0 Å². The van der Waals surface area contributed by atoms with Crippen LogP contribution in [0.5, 0.6) is 0 Å². The number of nitrogens with zero attached hydrogens (tertiary/aromatic N) is 3. The second kappa shape index (κ2) is 6.61. The van der Waals surface area contributed by atoms with Gasteiger partial charge in [-0.25, -0.2) is 0 Å². The number of piperidine rings is 1. The van der Waals surface area contributed by atoms with Crippen molar-refractivity contribution in [1.82, 2.24) is 15.0 Å². The summed E-state index contributed by atoms with van der Waals surface area (Å²) in [5.41, 5.74) is 2.82. The Morgan fingerprint density at radius 2 is 2.08 bits per heavy atom. The third kappa shape index (κ3) is 3.15. The van der Waals surface area contributed by atoms with Crippen LogP contribution in [0.4, 0.5) is 0 Å². The fourth-order valence-electron chi connectivity index (χ4n) is 4.82. The van der Waals surface area contributed by atoms with Crippen molar-refractivity contribution in [2.24, 2.45) is 5.41 Å². The van der Waals surface area contributed by atoms with Gasteiger partial charge in [-0.3, -0.25) is 9.80 Å². The molecule has 2 aromatic rings. The van der Waals surface area contributed by atoms with Gasteiger partial charge in [-0.1, -0.05) is 5.16 Å². The second-order valence-corrected chi connectivity index (χ2v) is 7.99. The Bertz CT molecular complexity index is 679. The first kappa shape index (κ1) is 16.9. The van der Waals surface area contributed by atoms with Crippen LogP contribution in [0.25, 0.3) is 0 Å². The van der Waals surface area contributed by atoms with Gasteiger partial charge in [0.05, 0.1) is 18.5 Å². The van der Waals surface area contributed by atoms with E-state index in [2.05, 4.69) is 28.1 Å².